The predicted octanol–water partition coefficient (Wildman–Crippen LogP) is 5.92. The van der Waals surface area contributed by atoms with Gasteiger partial charge in [0.05, 0.1) is 0 Å². The van der Waals surface area contributed by atoms with E-state index in [1.807, 2.05) is 43.3 Å². The number of thioether (sulfide) groups is 1. The molecule has 0 bridgehead atoms. The summed E-state index contributed by atoms with van der Waals surface area (Å²) in [5.41, 5.74) is 2.50. The second-order valence-electron chi connectivity index (χ2n) is 8.34. The number of carbonyl (C=O) groups excluding carboxylic acids is 1. The van der Waals surface area contributed by atoms with Crippen LogP contribution < -0.4 is 10.1 Å². The number of fused-ring (bicyclic) bond motifs is 1. The molecule has 0 atom stereocenters. The van der Waals surface area contributed by atoms with Crippen LogP contribution in [-0.4, -0.2) is 27.2 Å². The smallest absolute Gasteiger partial charge is 0.287 e. The Hall–Kier alpha value is -2.91. The van der Waals surface area contributed by atoms with Crippen LogP contribution in [0.1, 0.15) is 58.8 Å². The van der Waals surface area contributed by atoms with Crippen molar-refractivity contribution < 1.29 is 13.9 Å². The Balaban J connectivity index is 1.28. The third-order valence-electron chi connectivity index (χ3n) is 5.84. The van der Waals surface area contributed by atoms with Crippen LogP contribution in [0.25, 0.3) is 11.0 Å². The first-order chi connectivity index (χ1) is 16.7. The highest BCUT2D eigenvalue weighted by atomic mass is 32.2. The van der Waals surface area contributed by atoms with Crippen LogP contribution >= 0.6 is 23.1 Å². The summed E-state index contributed by atoms with van der Waals surface area (Å²) in [5.74, 6) is 1.28. The molecule has 1 aliphatic rings. The molecule has 1 aliphatic carbocycles. The molecule has 34 heavy (non-hydrogen) atoms. The quantitative estimate of drug-likeness (QED) is 0.304. The van der Waals surface area contributed by atoms with Crippen LogP contribution in [0, 0.1) is 6.92 Å². The Morgan fingerprint density at radius 2 is 2.06 bits per heavy atom. The summed E-state index contributed by atoms with van der Waals surface area (Å²) in [7, 11) is 0. The number of aromatic nitrogens is 3. The molecule has 1 amide bonds. The molecule has 9 heteroatoms. The normalized spacial score (nSPS) is 14.4. The Labute approximate surface area is 206 Å². The Morgan fingerprint density at radius 3 is 2.88 bits per heavy atom. The van der Waals surface area contributed by atoms with Crippen molar-refractivity contribution in [2.75, 3.05) is 0 Å². The van der Waals surface area contributed by atoms with Crippen molar-refractivity contribution in [3.8, 4) is 5.88 Å². The molecule has 0 spiro atoms. The molecule has 4 aromatic rings. The average Bonchev–Trinajstić information content (AvgIpc) is 3.45. The van der Waals surface area contributed by atoms with E-state index < -0.39 is 0 Å². The van der Waals surface area contributed by atoms with Gasteiger partial charge in [-0.1, -0.05) is 47.7 Å². The number of furan rings is 1. The largest absolute Gasteiger partial charge is 0.474 e. The van der Waals surface area contributed by atoms with Gasteiger partial charge in [0.2, 0.25) is 5.88 Å². The first-order valence-electron chi connectivity index (χ1n) is 11.5. The van der Waals surface area contributed by atoms with E-state index in [0.717, 1.165) is 38.7 Å². The summed E-state index contributed by atoms with van der Waals surface area (Å²) >= 11 is 3.10. The molecule has 0 unspecified atom stereocenters. The van der Waals surface area contributed by atoms with Crippen molar-refractivity contribution in [3.63, 3.8) is 0 Å². The summed E-state index contributed by atoms with van der Waals surface area (Å²) in [5, 5.41) is 13.1. The third-order valence-corrected chi connectivity index (χ3v) is 7.84. The lowest BCUT2D eigenvalue weighted by Gasteiger charge is -2.22. The fourth-order valence-electron chi connectivity index (χ4n) is 4.14. The van der Waals surface area contributed by atoms with Crippen LogP contribution in [0.15, 0.2) is 51.4 Å². The predicted molar refractivity (Wildman–Crippen MR) is 133 cm³/mol. The van der Waals surface area contributed by atoms with Crippen molar-refractivity contribution in [1.29, 1.82) is 0 Å². The summed E-state index contributed by atoms with van der Waals surface area (Å²) in [6.07, 6.45) is 7.81. The van der Waals surface area contributed by atoms with Gasteiger partial charge in [0.1, 0.15) is 16.7 Å². The van der Waals surface area contributed by atoms with E-state index in [9.17, 15) is 4.79 Å². The number of para-hydroxylation sites is 1. The number of nitrogens with one attached hydrogen (secondary N) is 1. The SMILES string of the molecule is Cc1nnc(SCc2c(C(=O)NCc3ccnc(OC4CCCCC4)c3)oc3ccccc23)s1. The minimum Gasteiger partial charge on any atom is -0.474 e. The third kappa shape index (κ3) is 5.42. The summed E-state index contributed by atoms with van der Waals surface area (Å²) < 4.78 is 12.9. The van der Waals surface area contributed by atoms with Gasteiger partial charge in [0, 0.05) is 35.5 Å². The van der Waals surface area contributed by atoms with E-state index in [4.69, 9.17) is 9.15 Å². The molecule has 1 saturated carbocycles. The number of carbonyl (C=O) groups is 1. The van der Waals surface area contributed by atoms with E-state index in [1.165, 1.54) is 19.3 Å². The van der Waals surface area contributed by atoms with Gasteiger partial charge in [-0.15, -0.1) is 10.2 Å². The number of nitrogens with zero attached hydrogens (tertiary/aromatic N) is 3. The minimum atomic E-state index is -0.244. The molecule has 3 heterocycles. The van der Waals surface area contributed by atoms with Gasteiger partial charge in [-0.3, -0.25) is 4.79 Å². The maximum absolute atomic E-state index is 13.1. The van der Waals surface area contributed by atoms with Crippen molar-refractivity contribution in [1.82, 2.24) is 20.5 Å². The number of amides is 1. The molecular formula is C25H26N4O3S2. The molecule has 176 valence electrons. The molecule has 0 radical (unpaired) electrons. The molecule has 1 aromatic carbocycles. The highest BCUT2D eigenvalue weighted by Crippen LogP contribution is 2.33. The summed E-state index contributed by atoms with van der Waals surface area (Å²) in [6.45, 7) is 2.29. The number of hydrogen-bond acceptors (Lipinski definition) is 8. The maximum Gasteiger partial charge on any atom is 0.287 e. The van der Waals surface area contributed by atoms with E-state index in [-0.39, 0.29) is 12.0 Å². The average molecular weight is 495 g/mol. The molecule has 5 rings (SSSR count). The van der Waals surface area contributed by atoms with Gasteiger partial charge in [0.15, 0.2) is 10.1 Å². The number of aryl methyl sites for hydroxylation is 1. The Morgan fingerprint density at radius 1 is 1.21 bits per heavy atom. The molecule has 3 aromatic heterocycles. The molecule has 7 nitrogen and oxygen atoms in total. The lowest BCUT2D eigenvalue weighted by molar-refractivity contribution is 0.0924. The van der Waals surface area contributed by atoms with Gasteiger partial charge in [-0.05, 0) is 50.3 Å². The topological polar surface area (TPSA) is 90.1 Å². The van der Waals surface area contributed by atoms with Gasteiger partial charge >= 0.3 is 0 Å². The molecule has 0 aliphatic heterocycles. The summed E-state index contributed by atoms with van der Waals surface area (Å²) in [6, 6.07) is 11.5. The standard InChI is InChI=1S/C25H26N4O3S2/c1-16-28-29-25(34-16)33-15-20-19-9-5-6-10-21(19)32-23(20)24(30)27-14-17-11-12-26-22(13-17)31-18-7-3-2-4-8-18/h5-6,9-13,18H,2-4,7-8,14-15H2,1H3,(H,27,30). The fourth-order valence-corrected chi connectivity index (χ4v) is 5.98. The van der Waals surface area contributed by atoms with Crippen LogP contribution in [0.5, 0.6) is 5.88 Å². The zero-order valence-electron chi connectivity index (χ0n) is 19.0. The number of pyridine rings is 1. The van der Waals surface area contributed by atoms with E-state index in [1.54, 1.807) is 29.3 Å². The van der Waals surface area contributed by atoms with Gasteiger partial charge in [-0.2, -0.15) is 0 Å². The van der Waals surface area contributed by atoms with Crippen LogP contribution in [0.3, 0.4) is 0 Å². The second-order valence-corrected chi connectivity index (χ2v) is 10.7. The second kappa shape index (κ2) is 10.6. The maximum atomic E-state index is 13.1. The number of benzene rings is 1. The van der Waals surface area contributed by atoms with Crippen molar-refractivity contribution in [2.45, 2.75) is 61.8 Å². The lowest BCUT2D eigenvalue weighted by atomic mass is 9.98. The van der Waals surface area contributed by atoms with E-state index in [0.29, 0.717) is 29.5 Å². The van der Waals surface area contributed by atoms with Gasteiger partial charge < -0.3 is 14.5 Å². The molecule has 1 fully saturated rings. The van der Waals surface area contributed by atoms with E-state index in [2.05, 4.69) is 20.5 Å². The first kappa shape index (κ1) is 22.9. The van der Waals surface area contributed by atoms with Crippen LogP contribution in [0.2, 0.25) is 0 Å². The Bertz CT molecular complexity index is 1280. The van der Waals surface area contributed by atoms with Gasteiger partial charge in [0.25, 0.3) is 5.91 Å². The van der Waals surface area contributed by atoms with Gasteiger partial charge in [-0.25, -0.2) is 4.98 Å². The molecular weight excluding hydrogens is 468 g/mol. The highest BCUT2D eigenvalue weighted by Gasteiger charge is 2.21. The van der Waals surface area contributed by atoms with Crippen molar-refractivity contribution in [2.24, 2.45) is 0 Å². The monoisotopic (exact) mass is 494 g/mol. The highest BCUT2D eigenvalue weighted by molar-refractivity contribution is 8.00. The zero-order valence-corrected chi connectivity index (χ0v) is 20.6. The number of rotatable bonds is 8. The van der Waals surface area contributed by atoms with Crippen molar-refractivity contribution in [3.05, 3.63) is 64.5 Å². The number of ether oxygens (including phenoxy) is 1. The van der Waals surface area contributed by atoms with E-state index >= 15 is 0 Å². The zero-order chi connectivity index (χ0) is 23.3. The molecule has 0 saturated heterocycles. The van der Waals surface area contributed by atoms with Crippen LogP contribution in [0.4, 0.5) is 0 Å². The number of hydrogen-bond donors (Lipinski definition) is 1. The first-order valence-corrected chi connectivity index (χ1v) is 13.3. The van der Waals surface area contributed by atoms with Crippen LogP contribution in [-0.2, 0) is 12.3 Å². The summed E-state index contributed by atoms with van der Waals surface area (Å²) in [4.78, 5) is 17.5. The van der Waals surface area contributed by atoms with Crippen molar-refractivity contribution >= 4 is 40.0 Å². The minimum absolute atomic E-state index is 0.235. The molecule has 1 N–H and O–H groups in total. The fraction of sp³-hybridized carbons (Fsp3) is 0.360. The Kier molecular flexibility index (Phi) is 7.10. The lowest BCUT2D eigenvalue weighted by Crippen LogP contribution is -2.23.